The van der Waals surface area contributed by atoms with Gasteiger partial charge in [-0.1, -0.05) is 6.92 Å². The minimum Gasteiger partial charge on any atom is -0.325 e. The van der Waals surface area contributed by atoms with Gasteiger partial charge in [-0.25, -0.2) is 13.1 Å². The fourth-order valence-corrected chi connectivity index (χ4v) is 4.86. The molecule has 0 radical (unpaired) electrons. The van der Waals surface area contributed by atoms with E-state index in [0.29, 0.717) is 12.2 Å². The number of nitrogens with zero attached hydrogens (tertiary/aromatic N) is 1. The minimum atomic E-state index is -3.59. The molecule has 1 fully saturated rings. The third kappa shape index (κ3) is 6.26. The van der Waals surface area contributed by atoms with Crippen molar-refractivity contribution in [3.8, 4) is 0 Å². The van der Waals surface area contributed by atoms with Crippen LogP contribution in [-0.2, 0) is 14.8 Å². The van der Waals surface area contributed by atoms with Crippen molar-refractivity contribution < 1.29 is 13.2 Å². The van der Waals surface area contributed by atoms with E-state index in [-0.39, 0.29) is 10.8 Å². The molecular weight excluding hydrogens is 370 g/mol. The summed E-state index contributed by atoms with van der Waals surface area (Å²) >= 11 is 1.46. The molecule has 0 spiro atoms. The Kier molecular flexibility index (Phi) is 7.94. The van der Waals surface area contributed by atoms with Crippen LogP contribution in [-0.4, -0.2) is 51.7 Å². The first-order valence-electron chi connectivity index (χ1n) is 8.99. The molecule has 1 heterocycles. The van der Waals surface area contributed by atoms with Crippen molar-refractivity contribution >= 4 is 33.4 Å². The number of carbonyl (C=O) groups excluding carboxylic acids is 1. The molecule has 2 N–H and O–H groups in total. The third-order valence-corrected chi connectivity index (χ3v) is 6.73. The number of benzene rings is 1. The van der Waals surface area contributed by atoms with Crippen LogP contribution in [0.25, 0.3) is 0 Å². The first kappa shape index (κ1) is 21.2. The molecule has 1 aromatic rings. The maximum absolute atomic E-state index is 12.5. The zero-order chi connectivity index (χ0) is 19.2. The molecule has 0 bridgehead atoms. The maximum Gasteiger partial charge on any atom is 0.240 e. The monoisotopic (exact) mass is 399 g/mol. The molecule has 1 atom stereocenters. The second kappa shape index (κ2) is 9.73. The van der Waals surface area contributed by atoms with Crippen LogP contribution in [0.3, 0.4) is 0 Å². The van der Waals surface area contributed by atoms with Gasteiger partial charge in [0.25, 0.3) is 0 Å². The zero-order valence-corrected chi connectivity index (χ0v) is 17.4. The van der Waals surface area contributed by atoms with E-state index in [4.69, 9.17) is 0 Å². The summed E-state index contributed by atoms with van der Waals surface area (Å²) in [7, 11) is -3.59. The molecule has 1 aromatic carbocycles. The molecule has 0 aromatic heterocycles. The van der Waals surface area contributed by atoms with Gasteiger partial charge in [-0.05, 0) is 62.7 Å². The fourth-order valence-electron chi connectivity index (χ4n) is 3.22. The molecule has 26 heavy (non-hydrogen) atoms. The summed E-state index contributed by atoms with van der Waals surface area (Å²) in [5.41, 5.74) is 0.523. The summed E-state index contributed by atoms with van der Waals surface area (Å²) < 4.78 is 27.7. The van der Waals surface area contributed by atoms with Gasteiger partial charge in [-0.3, -0.25) is 4.79 Å². The van der Waals surface area contributed by atoms with Crippen molar-refractivity contribution in [1.82, 2.24) is 9.62 Å². The lowest BCUT2D eigenvalue weighted by Crippen LogP contribution is -2.36. The Morgan fingerprint density at radius 1 is 1.38 bits per heavy atom. The number of nitrogens with one attached hydrogen (secondary N) is 2. The number of piperidine rings is 1. The summed E-state index contributed by atoms with van der Waals surface area (Å²) in [5.74, 6) is 0.501. The molecule has 1 aliphatic rings. The highest BCUT2D eigenvalue weighted by atomic mass is 32.2. The van der Waals surface area contributed by atoms with Crippen LogP contribution in [0, 0.1) is 5.92 Å². The van der Waals surface area contributed by atoms with Crippen LogP contribution in [0.5, 0.6) is 0 Å². The van der Waals surface area contributed by atoms with E-state index in [1.807, 2.05) is 6.26 Å². The molecule has 6 nitrogen and oxygen atoms in total. The summed E-state index contributed by atoms with van der Waals surface area (Å²) in [6.45, 7) is 7.20. The number of thioether (sulfide) groups is 1. The van der Waals surface area contributed by atoms with Gasteiger partial charge in [-0.2, -0.15) is 0 Å². The highest BCUT2D eigenvalue weighted by Gasteiger charge is 2.18. The highest BCUT2D eigenvalue weighted by molar-refractivity contribution is 7.98. The average molecular weight is 400 g/mol. The normalized spacial score (nSPS) is 18.7. The predicted molar refractivity (Wildman–Crippen MR) is 107 cm³/mol. The Balaban J connectivity index is 1.93. The Bertz CT molecular complexity index is 722. The van der Waals surface area contributed by atoms with Crippen molar-refractivity contribution in [3.63, 3.8) is 0 Å². The van der Waals surface area contributed by atoms with Crippen LogP contribution < -0.4 is 10.0 Å². The van der Waals surface area contributed by atoms with Crippen molar-refractivity contribution in [1.29, 1.82) is 0 Å². The molecule has 146 valence electrons. The van der Waals surface area contributed by atoms with Crippen LogP contribution in [0.2, 0.25) is 0 Å². The van der Waals surface area contributed by atoms with Crippen molar-refractivity contribution in [2.75, 3.05) is 37.8 Å². The molecule has 8 heteroatoms. The lowest BCUT2D eigenvalue weighted by molar-refractivity contribution is -0.114. The van der Waals surface area contributed by atoms with Gasteiger partial charge in [0.15, 0.2) is 0 Å². The van der Waals surface area contributed by atoms with E-state index in [1.54, 1.807) is 12.1 Å². The van der Waals surface area contributed by atoms with Crippen molar-refractivity contribution in [2.45, 2.75) is 42.9 Å². The van der Waals surface area contributed by atoms with Gasteiger partial charge in [0.1, 0.15) is 0 Å². The number of hydrogen-bond donors (Lipinski definition) is 2. The van der Waals surface area contributed by atoms with E-state index >= 15 is 0 Å². The Morgan fingerprint density at radius 2 is 2.15 bits per heavy atom. The predicted octanol–water partition coefficient (Wildman–Crippen LogP) is 2.77. The Morgan fingerprint density at radius 3 is 2.81 bits per heavy atom. The number of sulfonamides is 1. The molecular formula is C18H29N3O3S2. The lowest BCUT2D eigenvalue weighted by atomic mass is 10.0. The number of carbonyl (C=O) groups is 1. The summed E-state index contributed by atoms with van der Waals surface area (Å²) in [6.07, 6.45) is 5.17. The first-order valence-corrected chi connectivity index (χ1v) is 11.7. The van der Waals surface area contributed by atoms with Crippen molar-refractivity contribution in [3.05, 3.63) is 18.2 Å². The lowest BCUT2D eigenvalue weighted by Gasteiger charge is -2.30. The summed E-state index contributed by atoms with van der Waals surface area (Å²) in [6, 6.07) is 4.81. The number of anilines is 1. The van der Waals surface area contributed by atoms with E-state index in [0.717, 1.165) is 36.9 Å². The fraction of sp³-hybridized carbons (Fsp3) is 0.611. The van der Waals surface area contributed by atoms with Gasteiger partial charge in [0.2, 0.25) is 15.9 Å². The number of rotatable bonds is 8. The number of likely N-dealkylation sites (tertiary alicyclic amines) is 1. The largest absolute Gasteiger partial charge is 0.325 e. The molecule has 0 saturated carbocycles. The van der Waals surface area contributed by atoms with Gasteiger partial charge in [0.05, 0.1) is 10.6 Å². The molecule has 1 aliphatic heterocycles. The van der Waals surface area contributed by atoms with Gasteiger partial charge in [0, 0.05) is 24.9 Å². The molecule has 1 amide bonds. The van der Waals surface area contributed by atoms with Crippen LogP contribution in [0.1, 0.15) is 33.1 Å². The van der Waals surface area contributed by atoms with Crippen LogP contribution in [0.4, 0.5) is 5.69 Å². The molecule has 0 aliphatic carbocycles. The molecule has 0 unspecified atom stereocenters. The van der Waals surface area contributed by atoms with Crippen molar-refractivity contribution in [2.24, 2.45) is 5.92 Å². The van der Waals surface area contributed by atoms with Gasteiger partial charge < -0.3 is 10.2 Å². The topological polar surface area (TPSA) is 78.5 Å². The van der Waals surface area contributed by atoms with E-state index < -0.39 is 10.0 Å². The summed E-state index contributed by atoms with van der Waals surface area (Å²) in [4.78, 5) is 14.7. The maximum atomic E-state index is 12.5. The van der Waals surface area contributed by atoms with Gasteiger partial charge >= 0.3 is 0 Å². The number of amides is 1. The Labute approximate surface area is 161 Å². The van der Waals surface area contributed by atoms with Crippen LogP contribution in [0.15, 0.2) is 28.0 Å². The third-order valence-electron chi connectivity index (χ3n) is 4.48. The first-order chi connectivity index (χ1) is 12.3. The minimum absolute atomic E-state index is 0.172. The second-order valence-corrected chi connectivity index (χ2v) is 9.46. The molecule has 2 rings (SSSR count). The highest BCUT2D eigenvalue weighted by Crippen LogP contribution is 2.28. The second-order valence-electron chi connectivity index (χ2n) is 6.84. The standard InChI is InChI=1S/C18H29N3O3S2/c1-14-6-4-10-21(13-14)11-5-9-19-26(23,24)16-7-8-18(25-3)17(12-16)20-15(2)22/h7-8,12,14,19H,4-6,9-11,13H2,1-3H3,(H,20,22)/t14-/m0/s1. The smallest absolute Gasteiger partial charge is 0.240 e. The summed E-state index contributed by atoms with van der Waals surface area (Å²) in [5, 5.41) is 2.69. The van der Waals surface area contributed by atoms with Crippen LogP contribution >= 0.6 is 11.8 Å². The van der Waals surface area contributed by atoms with Gasteiger partial charge in [-0.15, -0.1) is 11.8 Å². The quantitative estimate of drug-likeness (QED) is 0.519. The van der Waals surface area contributed by atoms with E-state index in [2.05, 4.69) is 21.9 Å². The zero-order valence-electron chi connectivity index (χ0n) is 15.7. The SMILES string of the molecule is CSc1ccc(S(=O)(=O)NCCCN2CCC[C@H](C)C2)cc1NC(C)=O. The Hall–Kier alpha value is -1.09. The average Bonchev–Trinajstić information content (AvgIpc) is 2.58. The molecule has 1 saturated heterocycles. The van der Waals surface area contributed by atoms with E-state index in [9.17, 15) is 13.2 Å². The van der Waals surface area contributed by atoms with E-state index in [1.165, 1.54) is 37.6 Å². The number of hydrogen-bond acceptors (Lipinski definition) is 5.